The van der Waals surface area contributed by atoms with Gasteiger partial charge in [-0.15, -0.1) is 0 Å². The highest BCUT2D eigenvalue weighted by Crippen LogP contribution is 2.19. The molecule has 5 heteroatoms. The van der Waals surface area contributed by atoms with Crippen LogP contribution in [0.5, 0.6) is 0 Å². The third kappa shape index (κ3) is 2.07. The first-order valence-corrected chi connectivity index (χ1v) is 5.98. The maximum Gasteiger partial charge on any atom is 0.259 e. The molecule has 0 saturated carbocycles. The van der Waals surface area contributed by atoms with Crippen LogP contribution < -0.4 is 5.32 Å². The fraction of sp³-hybridized carbons (Fsp3) is 0.667. The van der Waals surface area contributed by atoms with Gasteiger partial charge in [-0.3, -0.25) is 4.79 Å². The van der Waals surface area contributed by atoms with Crippen molar-refractivity contribution in [2.45, 2.75) is 39.8 Å². The molecule has 0 radical (unpaired) electrons. The van der Waals surface area contributed by atoms with Gasteiger partial charge in [0.05, 0.1) is 5.69 Å². The summed E-state index contributed by atoms with van der Waals surface area (Å²) in [6.45, 7) is 9.36. The number of hydrogen-bond donors (Lipinski definition) is 1. The number of aryl methyl sites for hydroxylation is 2. The van der Waals surface area contributed by atoms with E-state index >= 15 is 0 Å². The van der Waals surface area contributed by atoms with Crippen molar-refractivity contribution in [2.24, 2.45) is 0 Å². The van der Waals surface area contributed by atoms with Gasteiger partial charge in [0.2, 0.25) is 0 Å². The highest BCUT2D eigenvalue weighted by atomic mass is 16.5. The molecule has 0 bridgehead atoms. The van der Waals surface area contributed by atoms with Crippen LogP contribution in [0.1, 0.15) is 35.7 Å². The molecule has 94 valence electrons. The fourth-order valence-corrected chi connectivity index (χ4v) is 2.45. The standard InChI is InChI=1S/C12H19N3O2/c1-7-5-13-6-8(2)15(7)12(16)11-9(3)14-17-10(11)4/h7-8,13H,5-6H2,1-4H3. The van der Waals surface area contributed by atoms with Gasteiger partial charge in [0.15, 0.2) is 0 Å². The van der Waals surface area contributed by atoms with E-state index < -0.39 is 0 Å². The van der Waals surface area contributed by atoms with Gasteiger partial charge in [-0.1, -0.05) is 5.16 Å². The van der Waals surface area contributed by atoms with E-state index in [1.807, 2.05) is 4.90 Å². The number of aromatic nitrogens is 1. The van der Waals surface area contributed by atoms with Gasteiger partial charge < -0.3 is 14.7 Å². The number of rotatable bonds is 1. The molecule has 0 aliphatic carbocycles. The Morgan fingerprint density at radius 1 is 1.35 bits per heavy atom. The van der Waals surface area contributed by atoms with Crippen LogP contribution in [0.2, 0.25) is 0 Å². The summed E-state index contributed by atoms with van der Waals surface area (Å²) in [6.07, 6.45) is 0. The summed E-state index contributed by atoms with van der Waals surface area (Å²) >= 11 is 0. The number of nitrogens with zero attached hydrogens (tertiary/aromatic N) is 2. The van der Waals surface area contributed by atoms with Crippen molar-refractivity contribution in [3.63, 3.8) is 0 Å². The third-order valence-corrected chi connectivity index (χ3v) is 3.31. The Kier molecular flexibility index (Phi) is 3.19. The van der Waals surface area contributed by atoms with Crippen molar-refractivity contribution in [2.75, 3.05) is 13.1 Å². The van der Waals surface area contributed by atoms with Gasteiger partial charge in [-0.05, 0) is 27.7 Å². The molecular weight excluding hydrogens is 218 g/mol. The molecule has 1 N–H and O–H groups in total. The van der Waals surface area contributed by atoms with Crippen LogP contribution in [0.15, 0.2) is 4.52 Å². The molecule has 1 aromatic heterocycles. The Morgan fingerprint density at radius 3 is 2.41 bits per heavy atom. The first kappa shape index (κ1) is 12.1. The lowest BCUT2D eigenvalue weighted by molar-refractivity contribution is 0.0542. The van der Waals surface area contributed by atoms with Crippen molar-refractivity contribution in [1.82, 2.24) is 15.4 Å². The van der Waals surface area contributed by atoms with E-state index in [9.17, 15) is 4.79 Å². The summed E-state index contributed by atoms with van der Waals surface area (Å²) in [6, 6.07) is 0.389. The van der Waals surface area contributed by atoms with Gasteiger partial charge in [-0.25, -0.2) is 0 Å². The van der Waals surface area contributed by atoms with E-state index in [-0.39, 0.29) is 18.0 Å². The molecule has 1 aliphatic heterocycles. The quantitative estimate of drug-likeness (QED) is 0.795. The molecule has 1 aromatic rings. The van der Waals surface area contributed by atoms with Crippen molar-refractivity contribution >= 4 is 5.91 Å². The molecular formula is C12H19N3O2. The maximum atomic E-state index is 12.5. The predicted octanol–water partition coefficient (Wildman–Crippen LogP) is 1.11. The maximum absolute atomic E-state index is 12.5. The Bertz CT molecular complexity index is 398. The van der Waals surface area contributed by atoms with Gasteiger partial charge in [0.1, 0.15) is 11.3 Å². The third-order valence-electron chi connectivity index (χ3n) is 3.31. The van der Waals surface area contributed by atoms with Crippen molar-refractivity contribution in [1.29, 1.82) is 0 Å². The molecule has 2 atom stereocenters. The van der Waals surface area contributed by atoms with Gasteiger partial charge in [-0.2, -0.15) is 0 Å². The number of hydrogen-bond acceptors (Lipinski definition) is 4. The minimum absolute atomic E-state index is 0.0303. The average Bonchev–Trinajstić information content (AvgIpc) is 2.58. The first-order chi connectivity index (χ1) is 8.02. The Hall–Kier alpha value is -1.36. The number of carbonyl (C=O) groups excluding carboxylic acids is 1. The molecule has 1 fully saturated rings. The number of carbonyl (C=O) groups is 1. The monoisotopic (exact) mass is 237 g/mol. The first-order valence-electron chi connectivity index (χ1n) is 5.98. The summed E-state index contributed by atoms with van der Waals surface area (Å²) in [5.74, 6) is 0.633. The minimum Gasteiger partial charge on any atom is -0.361 e. The van der Waals surface area contributed by atoms with Crippen molar-refractivity contribution in [3.05, 3.63) is 17.0 Å². The molecule has 2 unspecified atom stereocenters. The van der Waals surface area contributed by atoms with E-state index in [2.05, 4.69) is 24.3 Å². The van der Waals surface area contributed by atoms with Crippen LogP contribution in [0.4, 0.5) is 0 Å². The average molecular weight is 237 g/mol. The smallest absolute Gasteiger partial charge is 0.259 e. The molecule has 0 aromatic carbocycles. The largest absolute Gasteiger partial charge is 0.361 e. The Labute approximate surface area is 101 Å². The molecule has 1 aliphatic rings. The second-order valence-corrected chi connectivity index (χ2v) is 4.77. The number of piperazine rings is 1. The van der Waals surface area contributed by atoms with Gasteiger partial charge in [0.25, 0.3) is 5.91 Å². The SMILES string of the molecule is Cc1noc(C)c1C(=O)N1C(C)CNCC1C. The Morgan fingerprint density at radius 2 is 1.94 bits per heavy atom. The van der Waals surface area contributed by atoms with Crippen LogP contribution in [0.25, 0.3) is 0 Å². The highest BCUT2D eigenvalue weighted by molar-refractivity contribution is 5.96. The minimum atomic E-state index is 0.0303. The molecule has 2 heterocycles. The van der Waals surface area contributed by atoms with E-state index in [0.29, 0.717) is 17.0 Å². The zero-order valence-corrected chi connectivity index (χ0v) is 10.8. The van der Waals surface area contributed by atoms with Crippen molar-refractivity contribution < 1.29 is 9.32 Å². The normalized spacial score (nSPS) is 25.1. The number of nitrogens with one attached hydrogen (secondary N) is 1. The van der Waals surface area contributed by atoms with E-state index in [4.69, 9.17) is 4.52 Å². The number of amides is 1. The second-order valence-electron chi connectivity index (χ2n) is 4.77. The van der Waals surface area contributed by atoms with Gasteiger partial charge in [0, 0.05) is 25.2 Å². The Balaban J connectivity index is 2.30. The topological polar surface area (TPSA) is 58.4 Å². The fourth-order valence-electron chi connectivity index (χ4n) is 2.45. The summed E-state index contributed by atoms with van der Waals surface area (Å²) < 4.78 is 5.06. The molecule has 1 saturated heterocycles. The zero-order chi connectivity index (χ0) is 12.6. The predicted molar refractivity (Wildman–Crippen MR) is 63.9 cm³/mol. The molecule has 17 heavy (non-hydrogen) atoms. The lowest BCUT2D eigenvalue weighted by atomic mass is 10.1. The molecule has 5 nitrogen and oxygen atoms in total. The van der Waals surface area contributed by atoms with Crippen molar-refractivity contribution in [3.8, 4) is 0 Å². The van der Waals surface area contributed by atoms with Crippen LogP contribution >= 0.6 is 0 Å². The highest BCUT2D eigenvalue weighted by Gasteiger charge is 2.32. The summed E-state index contributed by atoms with van der Waals surface area (Å²) in [5.41, 5.74) is 1.29. The molecule has 0 spiro atoms. The van der Waals surface area contributed by atoms with Crippen LogP contribution in [0, 0.1) is 13.8 Å². The molecule has 1 amide bonds. The lowest BCUT2D eigenvalue weighted by Gasteiger charge is -2.39. The second kappa shape index (κ2) is 4.49. The van der Waals surface area contributed by atoms with Gasteiger partial charge >= 0.3 is 0 Å². The van der Waals surface area contributed by atoms with Crippen LogP contribution in [0.3, 0.4) is 0 Å². The summed E-state index contributed by atoms with van der Waals surface area (Å²) in [5, 5.41) is 7.15. The molecule has 2 rings (SSSR count). The van der Waals surface area contributed by atoms with Crippen LogP contribution in [-0.4, -0.2) is 41.1 Å². The van der Waals surface area contributed by atoms with Crippen LogP contribution in [-0.2, 0) is 0 Å². The van der Waals surface area contributed by atoms with E-state index in [1.54, 1.807) is 13.8 Å². The summed E-state index contributed by atoms with van der Waals surface area (Å²) in [7, 11) is 0. The zero-order valence-electron chi connectivity index (χ0n) is 10.8. The van der Waals surface area contributed by atoms with E-state index in [0.717, 1.165) is 13.1 Å². The van der Waals surface area contributed by atoms with E-state index in [1.165, 1.54) is 0 Å². The summed E-state index contributed by atoms with van der Waals surface area (Å²) in [4.78, 5) is 14.4. The lowest BCUT2D eigenvalue weighted by Crippen LogP contribution is -2.57.